The van der Waals surface area contributed by atoms with Crippen LogP contribution in [0.5, 0.6) is 0 Å². The summed E-state index contributed by atoms with van der Waals surface area (Å²) < 4.78 is 51.7. The van der Waals surface area contributed by atoms with Gasteiger partial charge in [0.1, 0.15) is 17.1 Å². The van der Waals surface area contributed by atoms with E-state index >= 15 is 0 Å². The van der Waals surface area contributed by atoms with E-state index in [2.05, 4.69) is 5.10 Å². The number of primary amides is 1. The van der Waals surface area contributed by atoms with Crippen molar-refractivity contribution in [2.24, 2.45) is 5.73 Å². The first-order chi connectivity index (χ1) is 18.7. The summed E-state index contributed by atoms with van der Waals surface area (Å²) in [5.74, 6) is -1.45. The lowest BCUT2D eigenvalue weighted by atomic mass is 10.0. The van der Waals surface area contributed by atoms with Crippen LogP contribution in [0.2, 0.25) is 5.02 Å². The lowest BCUT2D eigenvalue weighted by Gasteiger charge is -2.35. The number of carbonyl (C=O) groups is 2. The molecule has 1 unspecified atom stereocenters. The molecule has 1 aliphatic heterocycles. The van der Waals surface area contributed by atoms with Crippen molar-refractivity contribution in [3.05, 3.63) is 70.1 Å². The van der Waals surface area contributed by atoms with Gasteiger partial charge in [-0.3, -0.25) is 13.7 Å². The van der Waals surface area contributed by atoms with Crippen LogP contribution in [0, 0.1) is 12.7 Å². The number of halogens is 2. The minimum atomic E-state index is -4.04. The van der Waals surface area contributed by atoms with Gasteiger partial charge in [-0.2, -0.15) is 13.5 Å². The molecule has 10 nitrogen and oxygen atoms in total. The van der Waals surface area contributed by atoms with Crippen LogP contribution in [0.1, 0.15) is 54.8 Å². The predicted octanol–water partition coefficient (Wildman–Crippen LogP) is 4.84. The van der Waals surface area contributed by atoms with E-state index < -0.39 is 39.6 Å². The zero-order chi connectivity index (χ0) is 29.4. The normalized spacial score (nSPS) is 15.6. The van der Waals surface area contributed by atoms with Gasteiger partial charge in [-0.25, -0.2) is 9.18 Å². The number of aromatic nitrogens is 2. The number of aryl methyl sites for hydroxylation is 1. The summed E-state index contributed by atoms with van der Waals surface area (Å²) in [5.41, 5.74) is 6.74. The molecule has 0 saturated carbocycles. The Balaban J connectivity index is 1.69. The molecule has 2 heterocycles. The Morgan fingerprint density at radius 1 is 1.18 bits per heavy atom. The molecule has 0 radical (unpaired) electrons. The second-order valence-corrected chi connectivity index (χ2v) is 12.5. The Kier molecular flexibility index (Phi) is 8.25. The number of ether oxygens (including phenoxy) is 1. The molecule has 0 bridgehead atoms. The third-order valence-electron chi connectivity index (χ3n) is 6.22. The van der Waals surface area contributed by atoms with Crippen molar-refractivity contribution in [1.29, 1.82) is 0 Å². The SMILES string of the molecule is Cc1ccc(S(=O)(=O)OCCC2CN(C(=O)OC(C)(C)C)Cc3c(C(N)=O)c(-c4ccc(F)c(Cl)c4)nn32)cc1. The highest BCUT2D eigenvalue weighted by Crippen LogP contribution is 2.34. The van der Waals surface area contributed by atoms with E-state index in [1.165, 1.54) is 33.8 Å². The van der Waals surface area contributed by atoms with E-state index in [1.54, 1.807) is 32.9 Å². The van der Waals surface area contributed by atoms with E-state index in [-0.39, 0.29) is 47.3 Å². The number of amides is 2. The zero-order valence-corrected chi connectivity index (χ0v) is 24.1. The molecule has 0 fully saturated rings. The molecule has 214 valence electrons. The monoisotopic (exact) mass is 592 g/mol. The molecule has 0 spiro atoms. The molecule has 2 N–H and O–H groups in total. The maximum atomic E-state index is 13.8. The minimum absolute atomic E-state index is 0.0170. The van der Waals surface area contributed by atoms with Gasteiger partial charge in [0.05, 0.1) is 40.4 Å². The molecule has 1 aromatic heterocycles. The number of carbonyl (C=O) groups excluding carboxylic acids is 2. The van der Waals surface area contributed by atoms with Crippen LogP contribution in [0.15, 0.2) is 47.4 Å². The highest BCUT2D eigenvalue weighted by Gasteiger charge is 2.36. The quantitative estimate of drug-likeness (QED) is 0.388. The van der Waals surface area contributed by atoms with E-state index in [1.807, 2.05) is 6.92 Å². The average molecular weight is 593 g/mol. The molecular formula is C27H30ClFN4O6S. The second kappa shape index (κ2) is 11.2. The molecule has 2 aromatic carbocycles. The van der Waals surface area contributed by atoms with Gasteiger partial charge in [-0.15, -0.1) is 0 Å². The van der Waals surface area contributed by atoms with Crippen LogP contribution < -0.4 is 5.73 Å². The van der Waals surface area contributed by atoms with Crippen LogP contribution in [0.25, 0.3) is 11.3 Å². The lowest BCUT2D eigenvalue weighted by Crippen LogP contribution is -2.44. The summed E-state index contributed by atoms with van der Waals surface area (Å²) in [6, 6.07) is 9.54. The van der Waals surface area contributed by atoms with Crippen molar-refractivity contribution in [2.45, 2.75) is 57.2 Å². The van der Waals surface area contributed by atoms with Gasteiger partial charge >= 0.3 is 6.09 Å². The Morgan fingerprint density at radius 2 is 1.85 bits per heavy atom. The van der Waals surface area contributed by atoms with Crippen molar-refractivity contribution in [1.82, 2.24) is 14.7 Å². The molecule has 0 saturated heterocycles. The summed E-state index contributed by atoms with van der Waals surface area (Å²) in [5, 5.41) is 4.43. The molecule has 1 atom stereocenters. The first kappa shape index (κ1) is 29.5. The Hall–Kier alpha value is -3.48. The summed E-state index contributed by atoms with van der Waals surface area (Å²) in [7, 11) is -4.04. The van der Waals surface area contributed by atoms with Crippen molar-refractivity contribution in [2.75, 3.05) is 13.2 Å². The third kappa shape index (κ3) is 6.45. The van der Waals surface area contributed by atoms with Crippen molar-refractivity contribution in [3.63, 3.8) is 0 Å². The van der Waals surface area contributed by atoms with E-state index in [0.29, 0.717) is 11.3 Å². The first-order valence-corrected chi connectivity index (χ1v) is 14.3. The number of hydrogen-bond donors (Lipinski definition) is 1. The molecule has 40 heavy (non-hydrogen) atoms. The van der Waals surface area contributed by atoms with Gasteiger partial charge in [0.2, 0.25) is 0 Å². The Labute approximate surface area is 236 Å². The van der Waals surface area contributed by atoms with E-state index in [9.17, 15) is 22.4 Å². The maximum Gasteiger partial charge on any atom is 0.410 e. The van der Waals surface area contributed by atoms with Crippen molar-refractivity contribution in [3.8, 4) is 11.3 Å². The lowest BCUT2D eigenvalue weighted by molar-refractivity contribution is 0.0147. The second-order valence-electron chi connectivity index (χ2n) is 10.5. The zero-order valence-electron chi connectivity index (χ0n) is 22.5. The number of hydrogen-bond acceptors (Lipinski definition) is 7. The van der Waals surface area contributed by atoms with Crippen LogP contribution in [0.4, 0.5) is 9.18 Å². The fraction of sp³-hybridized carbons (Fsp3) is 0.370. The average Bonchev–Trinajstić information content (AvgIpc) is 3.25. The molecular weight excluding hydrogens is 563 g/mol. The summed E-state index contributed by atoms with van der Waals surface area (Å²) in [6.07, 6.45) is -0.513. The fourth-order valence-electron chi connectivity index (χ4n) is 4.35. The topological polar surface area (TPSA) is 134 Å². The summed E-state index contributed by atoms with van der Waals surface area (Å²) >= 11 is 5.98. The molecule has 4 rings (SSSR count). The van der Waals surface area contributed by atoms with Gasteiger partial charge < -0.3 is 15.4 Å². The minimum Gasteiger partial charge on any atom is -0.444 e. The number of fused-ring (bicyclic) bond motifs is 1. The molecule has 2 amide bonds. The third-order valence-corrected chi connectivity index (χ3v) is 7.83. The molecule has 0 aliphatic carbocycles. The fourth-order valence-corrected chi connectivity index (χ4v) is 5.45. The van der Waals surface area contributed by atoms with Crippen LogP contribution in [0.3, 0.4) is 0 Å². The largest absolute Gasteiger partial charge is 0.444 e. The highest BCUT2D eigenvalue weighted by atomic mass is 35.5. The van der Waals surface area contributed by atoms with Gasteiger partial charge in [-0.1, -0.05) is 29.3 Å². The van der Waals surface area contributed by atoms with Crippen molar-refractivity contribution >= 4 is 33.7 Å². The number of nitrogens with two attached hydrogens (primary N) is 1. The van der Waals surface area contributed by atoms with Gasteiger partial charge in [0.15, 0.2) is 0 Å². The van der Waals surface area contributed by atoms with Gasteiger partial charge in [-0.05, 0) is 64.4 Å². The number of rotatable bonds is 7. The Morgan fingerprint density at radius 3 is 2.45 bits per heavy atom. The van der Waals surface area contributed by atoms with Gasteiger partial charge in [0, 0.05) is 12.1 Å². The maximum absolute atomic E-state index is 13.8. The molecule has 13 heteroatoms. The van der Waals surface area contributed by atoms with Crippen molar-refractivity contribution < 1.29 is 31.3 Å². The van der Waals surface area contributed by atoms with E-state index in [4.69, 9.17) is 26.3 Å². The van der Waals surface area contributed by atoms with Crippen LogP contribution in [-0.2, 0) is 25.6 Å². The first-order valence-electron chi connectivity index (χ1n) is 12.5. The van der Waals surface area contributed by atoms with Crippen LogP contribution >= 0.6 is 11.6 Å². The van der Waals surface area contributed by atoms with Gasteiger partial charge in [0.25, 0.3) is 16.0 Å². The summed E-state index contributed by atoms with van der Waals surface area (Å²) in [6.45, 7) is 6.84. The van der Waals surface area contributed by atoms with E-state index in [0.717, 1.165) is 11.6 Å². The highest BCUT2D eigenvalue weighted by molar-refractivity contribution is 7.86. The standard InChI is InChI=1S/C27H30ClFN4O6S/c1-16-5-8-19(9-6-16)40(36,37)38-12-11-18-14-32(26(35)39-27(2,3)4)15-22-23(25(30)34)24(31-33(18)22)17-7-10-21(29)20(28)13-17/h5-10,13,18H,11-12,14-15H2,1-4H3,(H2,30,34). The Bertz CT molecular complexity index is 1550. The predicted molar refractivity (Wildman–Crippen MR) is 146 cm³/mol. The molecule has 1 aliphatic rings. The summed E-state index contributed by atoms with van der Waals surface area (Å²) in [4.78, 5) is 27.1. The smallest absolute Gasteiger partial charge is 0.410 e. The van der Waals surface area contributed by atoms with Crippen LogP contribution in [-0.4, -0.2) is 53.9 Å². The number of nitrogens with zero attached hydrogens (tertiary/aromatic N) is 3. The molecule has 3 aromatic rings. The number of benzene rings is 2.